The molecule has 0 aromatic heterocycles. The molecule has 128 valence electrons. The van der Waals surface area contributed by atoms with Crippen LogP contribution in [0.5, 0.6) is 0 Å². The van der Waals surface area contributed by atoms with E-state index >= 15 is 0 Å². The summed E-state index contributed by atoms with van der Waals surface area (Å²) in [6.45, 7) is 0. The van der Waals surface area contributed by atoms with Crippen LogP contribution in [0.3, 0.4) is 0 Å². The van der Waals surface area contributed by atoms with Gasteiger partial charge in [-0.1, -0.05) is 0 Å². The average Bonchev–Trinajstić information content (AvgIpc) is 2.21. The van der Waals surface area contributed by atoms with Gasteiger partial charge in [-0.15, -0.1) is 0 Å². The highest BCUT2D eigenvalue weighted by Crippen LogP contribution is 2.37. The summed E-state index contributed by atoms with van der Waals surface area (Å²) in [6, 6.07) is 0. The monoisotopic (exact) mass is 352 g/mol. The third-order valence-electron chi connectivity index (χ3n) is 1.47. The van der Waals surface area contributed by atoms with Crippen molar-refractivity contribution in [1.29, 1.82) is 0 Å². The molecule has 0 aliphatic rings. The van der Waals surface area contributed by atoms with Crippen LogP contribution in [-0.2, 0) is 19.1 Å². The van der Waals surface area contributed by atoms with E-state index in [-0.39, 0.29) is 0 Å². The lowest BCUT2D eigenvalue weighted by molar-refractivity contribution is -0.375. The summed E-state index contributed by atoms with van der Waals surface area (Å²) in [6.07, 6.45) is -25.7. The zero-order chi connectivity index (χ0) is 18.0. The molecular formula is C8H2F10O4. The number of hydrogen-bond donors (Lipinski definition) is 0. The minimum Gasteiger partial charge on any atom is -0.391 e. The van der Waals surface area contributed by atoms with Gasteiger partial charge in [-0.05, 0) is 0 Å². The summed E-state index contributed by atoms with van der Waals surface area (Å²) in [4.78, 5) is 20.9. The van der Waals surface area contributed by atoms with E-state index in [0.29, 0.717) is 0 Å². The molecule has 0 aliphatic carbocycles. The Hall–Kier alpha value is -2.02. The van der Waals surface area contributed by atoms with Crippen LogP contribution in [0.4, 0.5) is 43.9 Å². The summed E-state index contributed by atoms with van der Waals surface area (Å²) < 4.78 is 123. The summed E-state index contributed by atoms with van der Waals surface area (Å²) >= 11 is 0. The molecule has 0 unspecified atom stereocenters. The molecule has 0 aromatic rings. The Morgan fingerprint density at radius 3 is 1.00 bits per heavy atom. The molecule has 14 heteroatoms. The number of carbonyl (C=O) groups is 2. The van der Waals surface area contributed by atoms with Crippen molar-refractivity contribution in [3.63, 3.8) is 0 Å². The van der Waals surface area contributed by atoms with Crippen LogP contribution in [0, 0.1) is 0 Å². The highest BCUT2D eigenvalue weighted by molar-refractivity contribution is 5.91. The first-order valence-electron chi connectivity index (χ1n) is 4.53. The second kappa shape index (κ2) is 6.00. The lowest BCUT2D eigenvalue weighted by Gasteiger charge is -2.18. The molecule has 22 heavy (non-hydrogen) atoms. The Bertz CT molecular complexity index is 419. The molecule has 0 spiro atoms. The molecule has 0 bridgehead atoms. The summed E-state index contributed by atoms with van der Waals surface area (Å²) in [7, 11) is 0. The molecule has 0 heterocycles. The fourth-order valence-corrected chi connectivity index (χ4v) is 0.573. The lowest BCUT2D eigenvalue weighted by atomic mass is 10.5. The Balaban J connectivity index is 4.75. The number of alkyl halides is 10. The summed E-state index contributed by atoms with van der Waals surface area (Å²) in [5, 5.41) is 0. The molecule has 0 saturated carbocycles. The maximum absolute atomic E-state index is 12.1. The first-order valence-corrected chi connectivity index (χ1v) is 4.53. The normalized spacial score (nSPS) is 14.1. The Kier molecular flexibility index (Phi) is 5.45. The van der Waals surface area contributed by atoms with Gasteiger partial charge in [0.25, 0.3) is 0 Å². The molecule has 0 aromatic carbocycles. The third-order valence-corrected chi connectivity index (χ3v) is 1.47. The van der Waals surface area contributed by atoms with E-state index in [4.69, 9.17) is 0 Å². The van der Waals surface area contributed by atoms with Gasteiger partial charge in [-0.3, -0.25) is 0 Å². The molecule has 0 rings (SSSR count). The number of esters is 2. The molecule has 0 radical (unpaired) electrons. The quantitative estimate of drug-likeness (QED) is 0.444. The van der Waals surface area contributed by atoms with E-state index in [1.54, 1.807) is 0 Å². The number of rotatable bonds is 4. The van der Waals surface area contributed by atoms with Crippen molar-refractivity contribution in [2.75, 3.05) is 0 Å². The van der Waals surface area contributed by atoms with E-state index in [1.165, 1.54) is 0 Å². The van der Waals surface area contributed by atoms with Crippen LogP contribution in [0.2, 0.25) is 0 Å². The zero-order valence-corrected chi connectivity index (χ0v) is 9.57. The van der Waals surface area contributed by atoms with E-state index in [1.807, 2.05) is 0 Å². The SMILES string of the molecule is O=C(/C=C/C(=O)OC(F)(F)C(F)(F)F)OC(F)(F)C(F)(F)F. The van der Waals surface area contributed by atoms with Gasteiger partial charge < -0.3 is 9.47 Å². The van der Waals surface area contributed by atoms with Crippen LogP contribution in [0.25, 0.3) is 0 Å². The van der Waals surface area contributed by atoms with Gasteiger partial charge in [-0.2, -0.15) is 43.9 Å². The smallest absolute Gasteiger partial charge is 0.391 e. The summed E-state index contributed by atoms with van der Waals surface area (Å²) in [5.74, 6) is -5.09. The topological polar surface area (TPSA) is 52.6 Å². The number of hydrogen-bond acceptors (Lipinski definition) is 4. The van der Waals surface area contributed by atoms with Crippen molar-refractivity contribution in [3.8, 4) is 0 Å². The Labute approximate surface area is 113 Å². The minimum atomic E-state index is -6.31. The van der Waals surface area contributed by atoms with Gasteiger partial charge in [0.2, 0.25) is 0 Å². The average molecular weight is 352 g/mol. The van der Waals surface area contributed by atoms with Crippen molar-refractivity contribution in [1.82, 2.24) is 0 Å². The van der Waals surface area contributed by atoms with E-state index in [2.05, 4.69) is 9.47 Å². The second-order valence-corrected chi connectivity index (χ2v) is 3.20. The highest BCUT2D eigenvalue weighted by Gasteiger charge is 2.62. The van der Waals surface area contributed by atoms with E-state index in [0.717, 1.165) is 0 Å². The van der Waals surface area contributed by atoms with Crippen LogP contribution in [0.15, 0.2) is 12.2 Å². The molecule has 0 N–H and O–H groups in total. The number of ether oxygens (including phenoxy) is 2. The van der Waals surface area contributed by atoms with E-state index in [9.17, 15) is 53.5 Å². The molecule has 0 saturated heterocycles. The van der Waals surface area contributed by atoms with Gasteiger partial charge in [0, 0.05) is 12.2 Å². The fraction of sp³-hybridized carbons (Fsp3) is 0.500. The molecule has 0 fully saturated rings. The number of carbonyl (C=O) groups excluding carboxylic acids is 2. The van der Waals surface area contributed by atoms with Crippen molar-refractivity contribution in [3.05, 3.63) is 12.2 Å². The predicted octanol–water partition coefficient (Wildman–Crippen LogP) is 2.94. The Morgan fingerprint density at radius 1 is 0.591 bits per heavy atom. The third kappa shape index (κ3) is 5.40. The van der Waals surface area contributed by atoms with Crippen LogP contribution < -0.4 is 0 Å². The standard InChI is InChI=1S/C8H2F10O4/c9-5(10,11)7(15,16)21-3(19)1-2-4(20)22-8(17,18)6(12,13)14/h1-2H/b2-1+. The van der Waals surface area contributed by atoms with Gasteiger partial charge >= 0.3 is 36.5 Å². The van der Waals surface area contributed by atoms with Crippen LogP contribution in [-0.4, -0.2) is 36.5 Å². The van der Waals surface area contributed by atoms with Crippen molar-refractivity contribution >= 4 is 11.9 Å². The molecule has 0 aliphatic heterocycles. The zero-order valence-electron chi connectivity index (χ0n) is 9.57. The second-order valence-electron chi connectivity index (χ2n) is 3.20. The van der Waals surface area contributed by atoms with Gasteiger partial charge in [0.15, 0.2) is 0 Å². The maximum Gasteiger partial charge on any atom is 0.501 e. The number of halogens is 10. The highest BCUT2D eigenvalue weighted by atomic mass is 19.4. The largest absolute Gasteiger partial charge is 0.501 e. The first kappa shape index (κ1) is 20.0. The van der Waals surface area contributed by atoms with Crippen LogP contribution in [0.1, 0.15) is 0 Å². The van der Waals surface area contributed by atoms with Crippen molar-refractivity contribution in [2.24, 2.45) is 0 Å². The molecule has 4 nitrogen and oxygen atoms in total. The Morgan fingerprint density at radius 2 is 0.818 bits per heavy atom. The first-order chi connectivity index (χ1) is 9.49. The molecular weight excluding hydrogens is 350 g/mol. The van der Waals surface area contributed by atoms with Gasteiger partial charge in [-0.25, -0.2) is 9.59 Å². The van der Waals surface area contributed by atoms with Gasteiger partial charge in [0.05, 0.1) is 0 Å². The van der Waals surface area contributed by atoms with Gasteiger partial charge in [0.1, 0.15) is 0 Å². The van der Waals surface area contributed by atoms with Crippen molar-refractivity contribution < 1.29 is 63.0 Å². The minimum absolute atomic E-state index is 0.561. The maximum atomic E-state index is 12.1. The molecule has 0 amide bonds. The van der Waals surface area contributed by atoms with Crippen LogP contribution >= 0.6 is 0 Å². The molecule has 0 atom stereocenters. The lowest BCUT2D eigenvalue weighted by Crippen LogP contribution is -2.41. The van der Waals surface area contributed by atoms with E-state index < -0.39 is 48.7 Å². The predicted molar refractivity (Wildman–Crippen MR) is 43.3 cm³/mol. The fourth-order valence-electron chi connectivity index (χ4n) is 0.573. The van der Waals surface area contributed by atoms with Crippen molar-refractivity contribution in [2.45, 2.75) is 24.6 Å². The summed E-state index contributed by atoms with van der Waals surface area (Å²) in [5.41, 5.74) is 0.